The Kier molecular flexibility index (Phi) is 4.65. The molecule has 1 atom stereocenters. The Morgan fingerprint density at radius 1 is 1.55 bits per heavy atom. The SMILES string of the molecule is O=S([O-])CC1CC(F)(F)C1.[Na+]. The van der Waals surface area contributed by atoms with Crippen molar-refractivity contribution in [3.8, 4) is 0 Å². The van der Waals surface area contributed by atoms with Gasteiger partial charge in [-0.25, -0.2) is 8.78 Å². The van der Waals surface area contributed by atoms with E-state index >= 15 is 0 Å². The van der Waals surface area contributed by atoms with Gasteiger partial charge in [0.15, 0.2) is 0 Å². The van der Waals surface area contributed by atoms with Crippen LogP contribution in [0.5, 0.6) is 0 Å². The molecule has 11 heavy (non-hydrogen) atoms. The van der Waals surface area contributed by atoms with Crippen LogP contribution in [0.15, 0.2) is 0 Å². The molecule has 0 aromatic heterocycles. The summed E-state index contributed by atoms with van der Waals surface area (Å²) >= 11 is -2.16. The summed E-state index contributed by atoms with van der Waals surface area (Å²) in [7, 11) is 0. The molecule has 0 amide bonds. The van der Waals surface area contributed by atoms with Crippen LogP contribution < -0.4 is 29.6 Å². The predicted octanol–water partition coefficient (Wildman–Crippen LogP) is -2.09. The number of hydrogen-bond donors (Lipinski definition) is 0. The van der Waals surface area contributed by atoms with Crippen molar-refractivity contribution < 1.29 is 47.1 Å². The van der Waals surface area contributed by atoms with E-state index in [1.807, 2.05) is 0 Å². The maximum atomic E-state index is 12.0. The van der Waals surface area contributed by atoms with Crippen molar-refractivity contribution >= 4 is 11.1 Å². The fourth-order valence-corrected chi connectivity index (χ4v) is 1.72. The van der Waals surface area contributed by atoms with E-state index < -0.39 is 17.0 Å². The van der Waals surface area contributed by atoms with Crippen molar-refractivity contribution in [3.05, 3.63) is 0 Å². The average molecular weight is 192 g/mol. The first-order valence-electron chi connectivity index (χ1n) is 2.93. The Hall–Kier alpha value is 0.970. The first-order chi connectivity index (χ1) is 4.49. The second kappa shape index (κ2) is 4.28. The zero-order chi connectivity index (χ0) is 7.78. The van der Waals surface area contributed by atoms with Gasteiger partial charge in [-0.15, -0.1) is 0 Å². The molecule has 0 heterocycles. The quantitative estimate of drug-likeness (QED) is 0.372. The van der Waals surface area contributed by atoms with Crippen molar-refractivity contribution in [3.63, 3.8) is 0 Å². The molecule has 0 aromatic carbocycles. The van der Waals surface area contributed by atoms with E-state index in [9.17, 15) is 17.5 Å². The molecule has 6 heteroatoms. The summed E-state index contributed by atoms with van der Waals surface area (Å²) in [6, 6.07) is 0. The fraction of sp³-hybridized carbons (Fsp3) is 1.00. The predicted molar refractivity (Wildman–Crippen MR) is 31.5 cm³/mol. The van der Waals surface area contributed by atoms with Gasteiger partial charge >= 0.3 is 29.6 Å². The van der Waals surface area contributed by atoms with Crippen LogP contribution >= 0.6 is 0 Å². The molecule has 0 bridgehead atoms. The molecule has 1 aliphatic rings. The van der Waals surface area contributed by atoms with Crippen LogP contribution in [0.2, 0.25) is 0 Å². The second-order valence-corrected chi connectivity index (χ2v) is 3.54. The minimum atomic E-state index is -2.59. The largest absolute Gasteiger partial charge is 1.00 e. The third-order valence-corrected chi connectivity index (χ3v) is 2.29. The van der Waals surface area contributed by atoms with E-state index in [1.54, 1.807) is 0 Å². The Balaban J connectivity index is 0.000001000. The molecule has 0 spiro atoms. The van der Waals surface area contributed by atoms with Gasteiger partial charge in [-0.05, 0) is 5.92 Å². The van der Waals surface area contributed by atoms with Crippen LogP contribution in [0, 0.1) is 5.92 Å². The van der Waals surface area contributed by atoms with Crippen LogP contribution in [0.3, 0.4) is 0 Å². The molecule has 1 rings (SSSR count). The molecule has 60 valence electrons. The smallest absolute Gasteiger partial charge is 0.772 e. The van der Waals surface area contributed by atoms with Gasteiger partial charge in [0.2, 0.25) is 5.92 Å². The summed E-state index contributed by atoms with van der Waals surface area (Å²) in [4.78, 5) is 0. The van der Waals surface area contributed by atoms with Gasteiger partial charge in [0.25, 0.3) is 0 Å². The Labute approximate surface area is 88.3 Å². The molecule has 1 aliphatic carbocycles. The van der Waals surface area contributed by atoms with Gasteiger partial charge in [-0.2, -0.15) is 0 Å². The molecule has 1 saturated carbocycles. The molecule has 0 N–H and O–H groups in total. The third-order valence-electron chi connectivity index (χ3n) is 1.55. The molecule has 1 fully saturated rings. The average Bonchev–Trinajstić information content (AvgIpc) is 1.57. The van der Waals surface area contributed by atoms with Crippen LogP contribution in [0.25, 0.3) is 0 Å². The van der Waals surface area contributed by atoms with Crippen LogP contribution in [0.1, 0.15) is 12.8 Å². The Morgan fingerprint density at radius 3 is 2.27 bits per heavy atom. The van der Waals surface area contributed by atoms with Crippen molar-refractivity contribution in [2.24, 2.45) is 5.92 Å². The third kappa shape index (κ3) is 3.94. The monoisotopic (exact) mass is 192 g/mol. The van der Waals surface area contributed by atoms with Gasteiger partial charge in [-0.3, -0.25) is 4.21 Å². The first-order valence-corrected chi connectivity index (χ1v) is 4.18. The Bertz CT molecular complexity index is 157. The summed E-state index contributed by atoms with van der Waals surface area (Å²) in [5.41, 5.74) is 0. The van der Waals surface area contributed by atoms with Crippen molar-refractivity contribution in [2.45, 2.75) is 18.8 Å². The summed E-state index contributed by atoms with van der Waals surface area (Å²) < 4.78 is 44.0. The standard InChI is InChI=1S/C5H8F2O2S.Na/c6-5(7)1-4(2-5)3-10(8)9;/h4H,1-3H2,(H,8,9);/q;+1/p-1. The minimum Gasteiger partial charge on any atom is -0.772 e. The van der Waals surface area contributed by atoms with Crippen LogP contribution in [-0.4, -0.2) is 20.4 Å². The van der Waals surface area contributed by atoms with Gasteiger partial charge in [0, 0.05) is 18.6 Å². The van der Waals surface area contributed by atoms with E-state index in [-0.39, 0.29) is 54.1 Å². The molecular formula is C5H7F2NaO2S. The molecule has 0 aliphatic heterocycles. The molecule has 0 saturated heterocycles. The van der Waals surface area contributed by atoms with Crippen molar-refractivity contribution in [1.29, 1.82) is 0 Å². The van der Waals surface area contributed by atoms with Gasteiger partial charge in [-0.1, -0.05) is 11.1 Å². The van der Waals surface area contributed by atoms with Crippen LogP contribution in [-0.2, 0) is 11.1 Å². The van der Waals surface area contributed by atoms with Crippen molar-refractivity contribution in [2.75, 3.05) is 5.75 Å². The molecule has 0 radical (unpaired) electrons. The second-order valence-electron chi connectivity index (χ2n) is 2.60. The van der Waals surface area contributed by atoms with Crippen molar-refractivity contribution in [1.82, 2.24) is 0 Å². The van der Waals surface area contributed by atoms with E-state index in [4.69, 9.17) is 0 Å². The zero-order valence-corrected chi connectivity index (χ0v) is 9.00. The first kappa shape index (κ1) is 12.0. The van der Waals surface area contributed by atoms with Gasteiger partial charge in [0.1, 0.15) is 0 Å². The van der Waals surface area contributed by atoms with E-state index in [0.29, 0.717) is 0 Å². The zero-order valence-electron chi connectivity index (χ0n) is 6.18. The van der Waals surface area contributed by atoms with E-state index in [1.165, 1.54) is 0 Å². The minimum absolute atomic E-state index is 0. The van der Waals surface area contributed by atoms with Gasteiger partial charge < -0.3 is 4.55 Å². The fourth-order valence-electron chi connectivity index (χ4n) is 1.10. The van der Waals surface area contributed by atoms with Gasteiger partial charge in [0.05, 0.1) is 0 Å². The molecule has 2 nitrogen and oxygen atoms in total. The maximum Gasteiger partial charge on any atom is 1.00 e. The van der Waals surface area contributed by atoms with Crippen LogP contribution in [0.4, 0.5) is 8.78 Å². The number of halogens is 2. The topological polar surface area (TPSA) is 40.1 Å². The summed E-state index contributed by atoms with van der Waals surface area (Å²) in [6.45, 7) is 0. The normalized spacial score (nSPS) is 25.0. The number of hydrogen-bond acceptors (Lipinski definition) is 2. The maximum absolute atomic E-state index is 12.0. The summed E-state index contributed by atoms with van der Waals surface area (Å²) in [6.07, 6.45) is -0.526. The molecular weight excluding hydrogens is 185 g/mol. The summed E-state index contributed by atoms with van der Waals surface area (Å²) in [5, 5.41) is 0. The van der Waals surface area contributed by atoms with E-state index in [0.717, 1.165) is 0 Å². The van der Waals surface area contributed by atoms with E-state index in [2.05, 4.69) is 0 Å². The summed E-state index contributed by atoms with van der Waals surface area (Å²) in [5.74, 6) is -3.02. The Morgan fingerprint density at radius 2 is 2.00 bits per heavy atom. The molecule has 0 aromatic rings. The molecule has 1 unspecified atom stereocenters. The number of alkyl halides is 2. The number of rotatable bonds is 2.